The van der Waals surface area contributed by atoms with Gasteiger partial charge in [-0.1, -0.05) is 18.2 Å². The zero-order chi connectivity index (χ0) is 17.7. The minimum absolute atomic E-state index is 0.00887. The van der Waals surface area contributed by atoms with Crippen LogP contribution in [0.15, 0.2) is 24.3 Å². The Hall–Kier alpha value is -2.02. The first-order chi connectivity index (χ1) is 11.5. The lowest BCUT2D eigenvalue weighted by atomic mass is 10.0. The molecule has 0 aromatic heterocycles. The number of aromatic carboxylic acids is 1. The number of carboxylic acids is 1. The fourth-order valence-corrected chi connectivity index (χ4v) is 3.96. The van der Waals surface area contributed by atoms with Gasteiger partial charge in [0, 0.05) is 18.8 Å². The Morgan fingerprint density at radius 1 is 1.25 bits per heavy atom. The molecule has 7 heteroatoms. The summed E-state index contributed by atoms with van der Waals surface area (Å²) < 4.78 is 0. The molecule has 0 spiro atoms. The van der Waals surface area contributed by atoms with Crippen molar-refractivity contribution in [3.63, 3.8) is 0 Å². The van der Waals surface area contributed by atoms with E-state index in [2.05, 4.69) is 0 Å². The summed E-state index contributed by atoms with van der Waals surface area (Å²) in [6.45, 7) is 5.05. The van der Waals surface area contributed by atoms with Crippen molar-refractivity contribution < 1.29 is 19.5 Å². The number of benzene rings is 1. The minimum atomic E-state index is -1.05. The number of carboxylic acid groups (broad SMARTS) is 1. The van der Waals surface area contributed by atoms with E-state index in [1.807, 2.05) is 13.8 Å². The molecular weight excluding hydrogens is 328 g/mol. The van der Waals surface area contributed by atoms with Gasteiger partial charge in [-0.2, -0.15) is 0 Å². The Kier molecular flexibility index (Phi) is 6.25. The number of nitrogens with zero attached hydrogens (tertiary/aromatic N) is 2. The van der Waals surface area contributed by atoms with Gasteiger partial charge >= 0.3 is 5.97 Å². The van der Waals surface area contributed by atoms with E-state index in [4.69, 9.17) is 0 Å². The van der Waals surface area contributed by atoms with Gasteiger partial charge in [-0.05, 0) is 25.5 Å². The molecule has 1 heterocycles. The number of carbonyl (C=O) groups excluding carboxylic acids is 2. The summed E-state index contributed by atoms with van der Waals surface area (Å²) in [7, 11) is 0. The van der Waals surface area contributed by atoms with Crippen LogP contribution >= 0.6 is 11.8 Å². The van der Waals surface area contributed by atoms with Gasteiger partial charge in [0.15, 0.2) is 0 Å². The number of carbonyl (C=O) groups is 3. The predicted octanol–water partition coefficient (Wildman–Crippen LogP) is 1.70. The highest BCUT2D eigenvalue weighted by molar-refractivity contribution is 7.99. The molecule has 0 aliphatic carbocycles. The molecule has 0 radical (unpaired) electrons. The third-order valence-corrected chi connectivity index (χ3v) is 5.16. The van der Waals surface area contributed by atoms with Crippen molar-refractivity contribution in [2.45, 2.75) is 26.3 Å². The third-order valence-electron chi connectivity index (χ3n) is 4.15. The molecule has 1 aliphatic heterocycles. The second-order valence-electron chi connectivity index (χ2n) is 5.53. The van der Waals surface area contributed by atoms with Crippen molar-refractivity contribution in [2.75, 3.05) is 24.7 Å². The van der Waals surface area contributed by atoms with Crippen molar-refractivity contribution in [3.8, 4) is 0 Å². The van der Waals surface area contributed by atoms with Crippen molar-refractivity contribution >= 4 is 29.5 Å². The second-order valence-corrected chi connectivity index (χ2v) is 6.53. The number of rotatable bonds is 6. The molecule has 6 nitrogen and oxygen atoms in total. The summed E-state index contributed by atoms with van der Waals surface area (Å²) in [5.41, 5.74) is 0.602. The lowest BCUT2D eigenvalue weighted by molar-refractivity contribution is -0.142. The lowest BCUT2D eigenvalue weighted by Crippen LogP contribution is -2.49. The molecule has 1 fully saturated rings. The molecule has 1 saturated heterocycles. The summed E-state index contributed by atoms with van der Waals surface area (Å²) >= 11 is 1.55. The molecular formula is C17H22N2O4S. The smallest absolute Gasteiger partial charge is 0.335 e. The van der Waals surface area contributed by atoms with E-state index in [-0.39, 0.29) is 23.8 Å². The lowest BCUT2D eigenvalue weighted by Gasteiger charge is -2.28. The first kappa shape index (κ1) is 18.3. The third kappa shape index (κ3) is 3.90. The van der Waals surface area contributed by atoms with Crippen LogP contribution in [0.3, 0.4) is 0 Å². The van der Waals surface area contributed by atoms with E-state index < -0.39 is 12.0 Å². The van der Waals surface area contributed by atoms with Crippen LogP contribution < -0.4 is 0 Å². The van der Waals surface area contributed by atoms with Gasteiger partial charge in [-0.15, -0.1) is 11.8 Å². The van der Waals surface area contributed by atoms with Gasteiger partial charge in [0.25, 0.3) is 0 Å². The quantitative estimate of drug-likeness (QED) is 0.845. The molecule has 1 aromatic carbocycles. The highest BCUT2D eigenvalue weighted by atomic mass is 32.2. The largest absolute Gasteiger partial charge is 0.478 e. The zero-order valence-electron chi connectivity index (χ0n) is 13.9. The van der Waals surface area contributed by atoms with Crippen LogP contribution in [-0.4, -0.2) is 63.5 Å². The number of likely N-dealkylation sites (N-methyl/N-ethyl adjacent to an activating group) is 1. The fourth-order valence-electron chi connectivity index (χ4n) is 2.79. The predicted molar refractivity (Wildman–Crippen MR) is 93.0 cm³/mol. The van der Waals surface area contributed by atoms with Gasteiger partial charge in [-0.25, -0.2) is 4.79 Å². The number of hydrogen-bond acceptors (Lipinski definition) is 4. The van der Waals surface area contributed by atoms with Crippen molar-refractivity contribution in [1.82, 2.24) is 9.80 Å². The minimum Gasteiger partial charge on any atom is -0.478 e. The first-order valence-corrected chi connectivity index (χ1v) is 9.12. The Bertz CT molecular complexity index is 631. The molecule has 24 heavy (non-hydrogen) atoms. The summed E-state index contributed by atoms with van der Waals surface area (Å²) in [5.74, 6) is -0.248. The Labute approximate surface area is 145 Å². The first-order valence-electron chi connectivity index (χ1n) is 7.96. The van der Waals surface area contributed by atoms with Crippen LogP contribution in [0.2, 0.25) is 0 Å². The molecule has 1 aromatic rings. The van der Waals surface area contributed by atoms with Crippen molar-refractivity contribution in [1.29, 1.82) is 0 Å². The Balaban J connectivity index is 2.14. The van der Waals surface area contributed by atoms with Gasteiger partial charge in [0.05, 0.1) is 17.9 Å². The molecule has 1 aliphatic rings. The van der Waals surface area contributed by atoms with Gasteiger partial charge in [0.1, 0.15) is 6.04 Å². The summed E-state index contributed by atoms with van der Waals surface area (Å²) in [5, 5.41) is 9.23. The normalized spacial score (nSPS) is 16.9. The van der Waals surface area contributed by atoms with Crippen LogP contribution in [0.5, 0.6) is 0 Å². The maximum Gasteiger partial charge on any atom is 0.335 e. The van der Waals surface area contributed by atoms with Crippen LogP contribution in [0.25, 0.3) is 0 Å². The van der Waals surface area contributed by atoms with Gasteiger partial charge in [0.2, 0.25) is 11.8 Å². The molecule has 130 valence electrons. The van der Waals surface area contributed by atoms with E-state index in [0.717, 1.165) is 0 Å². The SMILES string of the molecule is CCN(CC)C(=O)C1CSCN1C(=O)Cc1ccccc1C(=O)O. The van der Waals surface area contributed by atoms with Crippen LogP contribution in [0, 0.1) is 0 Å². The molecule has 0 saturated carbocycles. The summed E-state index contributed by atoms with van der Waals surface area (Å²) in [4.78, 5) is 39.8. The number of amides is 2. The Morgan fingerprint density at radius 2 is 1.92 bits per heavy atom. The van der Waals surface area contributed by atoms with Crippen molar-refractivity contribution in [3.05, 3.63) is 35.4 Å². The molecule has 0 bridgehead atoms. The molecule has 1 unspecified atom stereocenters. The Morgan fingerprint density at radius 3 is 2.54 bits per heavy atom. The molecule has 2 amide bonds. The maximum atomic E-state index is 12.7. The fraction of sp³-hybridized carbons (Fsp3) is 0.471. The van der Waals surface area contributed by atoms with Crippen LogP contribution in [0.4, 0.5) is 0 Å². The van der Waals surface area contributed by atoms with E-state index >= 15 is 0 Å². The number of hydrogen-bond donors (Lipinski definition) is 1. The topological polar surface area (TPSA) is 77.9 Å². The van der Waals surface area contributed by atoms with Crippen molar-refractivity contribution in [2.24, 2.45) is 0 Å². The molecule has 1 atom stereocenters. The summed E-state index contributed by atoms with van der Waals surface area (Å²) in [6.07, 6.45) is -0.00887. The highest BCUT2D eigenvalue weighted by Crippen LogP contribution is 2.24. The standard InChI is InChI=1S/C17H22N2O4S/c1-3-18(4-2)16(21)14-10-24-11-19(14)15(20)9-12-7-5-6-8-13(12)17(22)23/h5-8,14H,3-4,9-11H2,1-2H3,(H,22,23). The van der Waals surface area contributed by atoms with E-state index in [1.165, 1.54) is 6.07 Å². The van der Waals surface area contributed by atoms with E-state index in [0.29, 0.717) is 30.3 Å². The van der Waals surface area contributed by atoms with Gasteiger partial charge < -0.3 is 14.9 Å². The van der Waals surface area contributed by atoms with Gasteiger partial charge in [-0.3, -0.25) is 9.59 Å². The molecule has 1 N–H and O–H groups in total. The monoisotopic (exact) mass is 350 g/mol. The summed E-state index contributed by atoms with van der Waals surface area (Å²) in [6, 6.07) is 6.02. The maximum absolute atomic E-state index is 12.7. The average Bonchev–Trinajstić information content (AvgIpc) is 3.05. The molecule has 2 rings (SSSR count). The van der Waals surface area contributed by atoms with Crippen LogP contribution in [0.1, 0.15) is 29.8 Å². The van der Waals surface area contributed by atoms with E-state index in [9.17, 15) is 19.5 Å². The second kappa shape index (κ2) is 8.19. The zero-order valence-corrected chi connectivity index (χ0v) is 14.7. The van der Waals surface area contributed by atoms with Crippen LogP contribution in [-0.2, 0) is 16.0 Å². The number of thioether (sulfide) groups is 1. The highest BCUT2D eigenvalue weighted by Gasteiger charge is 2.36. The van der Waals surface area contributed by atoms with E-state index in [1.54, 1.807) is 39.8 Å². The average molecular weight is 350 g/mol.